The Balaban J connectivity index is 1.92. The van der Waals surface area contributed by atoms with E-state index in [1.807, 2.05) is 30.5 Å². The summed E-state index contributed by atoms with van der Waals surface area (Å²) >= 11 is 5.83. The number of aliphatic imine (C=N–C) groups is 1. The van der Waals surface area contributed by atoms with Gasteiger partial charge in [0.2, 0.25) is 12.2 Å². The van der Waals surface area contributed by atoms with Gasteiger partial charge in [0.15, 0.2) is 0 Å². The Hall–Kier alpha value is -1.73. The predicted molar refractivity (Wildman–Crippen MR) is 67.8 cm³/mol. The van der Waals surface area contributed by atoms with Crippen LogP contribution in [0.15, 0.2) is 29.3 Å². The number of hydrogen-bond donors (Lipinski definition) is 1. The van der Waals surface area contributed by atoms with Crippen LogP contribution in [0.4, 0.5) is 0 Å². The number of nitriles is 1. The highest BCUT2D eigenvalue weighted by molar-refractivity contribution is 6.30. The molecule has 0 saturated carbocycles. The summed E-state index contributed by atoms with van der Waals surface area (Å²) in [5, 5.41) is 12.4. The molecule has 0 unspecified atom stereocenters. The van der Waals surface area contributed by atoms with Gasteiger partial charge in [-0.1, -0.05) is 23.7 Å². The molecule has 17 heavy (non-hydrogen) atoms. The average molecular weight is 249 g/mol. The zero-order valence-electron chi connectivity index (χ0n) is 9.36. The SMILES string of the molecule is N#CN=C1NCCN1CCc1ccc(Cl)cc1. The number of hydrogen-bond acceptors (Lipinski definition) is 2. The lowest BCUT2D eigenvalue weighted by atomic mass is 10.1. The summed E-state index contributed by atoms with van der Waals surface area (Å²) in [6, 6.07) is 7.83. The molecule has 0 spiro atoms. The second-order valence-corrected chi connectivity index (χ2v) is 4.26. The fraction of sp³-hybridized carbons (Fsp3) is 0.333. The van der Waals surface area contributed by atoms with Gasteiger partial charge in [-0.25, -0.2) is 0 Å². The van der Waals surface area contributed by atoms with E-state index in [-0.39, 0.29) is 0 Å². The Morgan fingerprint density at radius 3 is 2.88 bits per heavy atom. The minimum atomic E-state index is 0.682. The van der Waals surface area contributed by atoms with Gasteiger partial charge in [-0.3, -0.25) is 0 Å². The van der Waals surface area contributed by atoms with Crippen molar-refractivity contribution in [2.75, 3.05) is 19.6 Å². The van der Waals surface area contributed by atoms with E-state index in [4.69, 9.17) is 16.9 Å². The first-order valence-electron chi connectivity index (χ1n) is 5.49. The van der Waals surface area contributed by atoms with E-state index in [9.17, 15) is 0 Å². The van der Waals surface area contributed by atoms with Gasteiger partial charge in [0, 0.05) is 24.7 Å². The Labute approximate surface area is 106 Å². The standard InChI is InChI=1S/C12H13ClN4/c13-11-3-1-10(2-4-11)5-7-17-8-6-15-12(17)16-9-14/h1-4H,5-8H2,(H,15,16). The largest absolute Gasteiger partial charge is 0.354 e. The highest BCUT2D eigenvalue weighted by Crippen LogP contribution is 2.10. The van der Waals surface area contributed by atoms with Gasteiger partial charge in [-0.15, -0.1) is 4.99 Å². The van der Waals surface area contributed by atoms with E-state index in [0.29, 0.717) is 5.96 Å². The van der Waals surface area contributed by atoms with Gasteiger partial charge >= 0.3 is 0 Å². The van der Waals surface area contributed by atoms with Crippen LogP contribution in [0.5, 0.6) is 0 Å². The Kier molecular flexibility index (Phi) is 3.84. The zero-order valence-corrected chi connectivity index (χ0v) is 10.1. The van der Waals surface area contributed by atoms with Crippen LogP contribution in [0.2, 0.25) is 5.02 Å². The van der Waals surface area contributed by atoms with Crippen LogP contribution in [-0.2, 0) is 6.42 Å². The summed E-state index contributed by atoms with van der Waals surface area (Å²) in [7, 11) is 0. The van der Waals surface area contributed by atoms with Crippen molar-refractivity contribution in [3.05, 3.63) is 34.9 Å². The maximum Gasteiger partial charge on any atom is 0.210 e. The molecule has 0 atom stereocenters. The molecule has 1 heterocycles. The maximum absolute atomic E-state index is 8.54. The molecule has 1 N–H and O–H groups in total. The summed E-state index contributed by atoms with van der Waals surface area (Å²) in [6.45, 7) is 2.60. The van der Waals surface area contributed by atoms with Gasteiger partial charge in [0.05, 0.1) is 0 Å². The second kappa shape index (κ2) is 5.55. The van der Waals surface area contributed by atoms with E-state index >= 15 is 0 Å². The smallest absolute Gasteiger partial charge is 0.210 e. The minimum Gasteiger partial charge on any atom is -0.354 e. The normalized spacial score (nSPS) is 16.9. The van der Waals surface area contributed by atoms with E-state index in [1.165, 1.54) is 5.56 Å². The van der Waals surface area contributed by atoms with Crippen molar-refractivity contribution in [2.45, 2.75) is 6.42 Å². The highest BCUT2D eigenvalue weighted by atomic mass is 35.5. The first-order valence-corrected chi connectivity index (χ1v) is 5.87. The van der Waals surface area contributed by atoms with Crippen molar-refractivity contribution in [3.63, 3.8) is 0 Å². The molecule has 1 fully saturated rings. The monoisotopic (exact) mass is 248 g/mol. The Morgan fingerprint density at radius 1 is 1.41 bits per heavy atom. The summed E-state index contributed by atoms with van der Waals surface area (Å²) < 4.78 is 0. The lowest BCUT2D eigenvalue weighted by Crippen LogP contribution is -2.31. The molecule has 2 rings (SSSR count). The van der Waals surface area contributed by atoms with Crippen molar-refractivity contribution < 1.29 is 0 Å². The van der Waals surface area contributed by atoms with Gasteiger partial charge in [-0.2, -0.15) is 5.26 Å². The van der Waals surface area contributed by atoms with Crippen molar-refractivity contribution in [1.29, 1.82) is 5.26 Å². The molecule has 1 aliphatic heterocycles. The fourth-order valence-corrected chi connectivity index (χ4v) is 1.94. The van der Waals surface area contributed by atoms with Crippen LogP contribution in [0, 0.1) is 11.5 Å². The number of rotatable bonds is 3. The third kappa shape index (κ3) is 3.11. The number of guanidine groups is 1. The van der Waals surface area contributed by atoms with Crippen molar-refractivity contribution >= 4 is 17.6 Å². The van der Waals surface area contributed by atoms with Crippen molar-refractivity contribution in [2.24, 2.45) is 4.99 Å². The van der Waals surface area contributed by atoms with Crippen LogP contribution < -0.4 is 5.32 Å². The molecule has 0 radical (unpaired) electrons. The fourth-order valence-electron chi connectivity index (χ4n) is 1.81. The molecule has 88 valence electrons. The Bertz CT molecular complexity index is 447. The van der Waals surface area contributed by atoms with Crippen LogP contribution >= 0.6 is 11.6 Å². The molecule has 0 aromatic heterocycles. The lowest BCUT2D eigenvalue weighted by molar-refractivity contribution is 0.466. The summed E-state index contributed by atoms with van der Waals surface area (Å²) in [6.07, 6.45) is 2.73. The molecule has 0 amide bonds. The van der Waals surface area contributed by atoms with Gasteiger partial charge < -0.3 is 10.2 Å². The molecular weight excluding hydrogens is 236 g/mol. The number of halogens is 1. The quantitative estimate of drug-likeness (QED) is 0.828. The van der Waals surface area contributed by atoms with Crippen molar-refractivity contribution in [1.82, 2.24) is 10.2 Å². The van der Waals surface area contributed by atoms with Crippen LogP contribution in [0.3, 0.4) is 0 Å². The first kappa shape index (κ1) is 11.7. The van der Waals surface area contributed by atoms with Crippen LogP contribution in [0.1, 0.15) is 5.56 Å². The van der Waals surface area contributed by atoms with Crippen molar-refractivity contribution in [3.8, 4) is 6.19 Å². The predicted octanol–water partition coefficient (Wildman–Crippen LogP) is 1.62. The topological polar surface area (TPSA) is 51.4 Å². The Morgan fingerprint density at radius 2 is 2.18 bits per heavy atom. The molecule has 1 aromatic carbocycles. The molecule has 5 heteroatoms. The highest BCUT2D eigenvalue weighted by Gasteiger charge is 2.17. The van der Waals surface area contributed by atoms with E-state index in [2.05, 4.69) is 15.2 Å². The van der Waals surface area contributed by atoms with E-state index < -0.39 is 0 Å². The lowest BCUT2D eigenvalue weighted by Gasteiger charge is -2.16. The molecule has 0 bridgehead atoms. The zero-order chi connectivity index (χ0) is 12.1. The summed E-state index contributed by atoms with van der Waals surface area (Å²) in [5.74, 6) is 0.682. The van der Waals surface area contributed by atoms with Gasteiger partial charge in [0.25, 0.3) is 0 Å². The van der Waals surface area contributed by atoms with Gasteiger partial charge in [-0.05, 0) is 24.1 Å². The number of benzene rings is 1. The van der Waals surface area contributed by atoms with Crippen LogP contribution in [0.25, 0.3) is 0 Å². The average Bonchev–Trinajstić information content (AvgIpc) is 2.77. The van der Waals surface area contributed by atoms with Gasteiger partial charge in [0.1, 0.15) is 0 Å². The summed E-state index contributed by atoms with van der Waals surface area (Å²) in [4.78, 5) is 5.83. The van der Waals surface area contributed by atoms with E-state index in [0.717, 1.165) is 31.1 Å². The first-order chi connectivity index (χ1) is 8.29. The molecule has 1 aromatic rings. The summed E-state index contributed by atoms with van der Waals surface area (Å²) in [5.41, 5.74) is 1.23. The molecule has 1 saturated heterocycles. The number of nitrogens with one attached hydrogen (secondary N) is 1. The number of nitrogens with zero attached hydrogens (tertiary/aromatic N) is 3. The maximum atomic E-state index is 8.54. The second-order valence-electron chi connectivity index (χ2n) is 3.83. The van der Waals surface area contributed by atoms with Crippen LogP contribution in [-0.4, -0.2) is 30.5 Å². The molecule has 1 aliphatic rings. The van der Waals surface area contributed by atoms with E-state index in [1.54, 1.807) is 0 Å². The third-order valence-corrected chi connectivity index (χ3v) is 2.96. The molecule has 4 nitrogen and oxygen atoms in total. The third-order valence-electron chi connectivity index (χ3n) is 2.70. The minimum absolute atomic E-state index is 0.682. The molecular formula is C12H13ClN4. The molecule has 0 aliphatic carbocycles.